The molecule has 0 heterocycles. The second-order valence-corrected chi connectivity index (χ2v) is 7.21. The summed E-state index contributed by atoms with van der Waals surface area (Å²) in [5.74, 6) is -0.0990. The molecular formula is C25H23N3O3. The van der Waals surface area contributed by atoms with Crippen molar-refractivity contribution in [3.8, 4) is 11.8 Å². The molecule has 3 rings (SSSR count). The minimum atomic E-state index is -0.354. The lowest BCUT2D eigenvalue weighted by molar-refractivity contribution is 0.0944. The largest absolute Gasteiger partial charge is 0.489 e. The predicted octanol–water partition coefficient (Wildman–Crippen LogP) is 4.53. The number of benzene rings is 3. The van der Waals surface area contributed by atoms with Crippen LogP contribution in [0.5, 0.6) is 5.75 Å². The Kier molecular flexibility index (Phi) is 7.02. The van der Waals surface area contributed by atoms with Gasteiger partial charge < -0.3 is 15.4 Å². The van der Waals surface area contributed by atoms with E-state index in [0.29, 0.717) is 28.1 Å². The van der Waals surface area contributed by atoms with E-state index in [0.717, 1.165) is 5.56 Å². The molecule has 3 aromatic carbocycles. The number of rotatable bonds is 7. The monoisotopic (exact) mass is 413 g/mol. The van der Waals surface area contributed by atoms with Gasteiger partial charge in [-0.2, -0.15) is 5.26 Å². The van der Waals surface area contributed by atoms with Gasteiger partial charge in [0, 0.05) is 17.2 Å². The van der Waals surface area contributed by atoms with E-state index in [1.165, 1.54) is 0 Å². The number of ether oxygens (including phenoxy) is 1. The Balaban J connectivity index is 1.73. The van der Waals surface area contributed by atoms with Gasteiger partial charge in [-0.1, -0.05) is 36.4 Å². The van der Waals surface area contributed by atoms with E-state index in [9.17, 15) is 14.9 Å². The first-order chi connectivity index (χ1) is 15.0. The average Bonchev–Trinajstić information content (AvgIpc) is 2.78. The summed E-state index contributed by atoms with van der Waals surface area (Å²) in [6, 6.07) is 22.9. The van der Waals surface area contributed by atoms with E-state index in [4.69, 9.17) is 4.74 Å². The van der Waals surface area contributed by atoms with Crippen molar-refractivity contribution in [3.63, 3.8) is 0 Å². The first-order valence-electron chi connectivity index (χ1n) is 9.90. The number of amides is 2. The van der Waals surface area contributed by atoms with Crippen molar-refractivity contribution in [1.82, 2.24) is 5.32 Å². The fourth-order valence-electron chi connectivity index (χ4n) is 2.97. The van der Waals surface area contributed by atoms with Crippen molar-refractivity contribution >= 4 is 17.5 Å². The van der Waals surface area contributed by atoms with E-state index in [1.54, 1.807) is 60.7 Å². The zero-order valence-corrected chi connectivity index (χ0v) is 17.4. The highest BCUT2D eigenvalue weighted by Crippen LogP contribution is 2.20. The Hall–Kier alpha value is -4.11. The second kappa shape index (κ2) is 10.1. The number of para-hydroxylation sites is 1. The first kappa shape index (κ1) is 21.6. The summed E-state index contributed by atoms with van der Waals surface area (Å²) in [7, 11) is 0. The Morgan fingerprint density at radius 2 is 1.71 bits per heavy atom. The van der Waals surface area contributed by atoms with Gasteiger partial charge in [0.15, 0.2) is 0 Å². The van der Waals surface area contributed by atoms with E-state index in [2.05, 4.69) is 16.7 Å². The van der Waals surface area contributed by atoms with Gasteiger partial charge in [0.1, 0.15) is 12.4 Å². The summed E-state index contributed by atoms with van der Waals surface area (Å²) in [4.78, 5) is 25.2. The number of carbonyl (C=O) groups excluding carboxylic acids is 2. The van der Waals surface area contributed by atoms with Crippen molar-refractivity contribution in [2.24, 2.45) is 0 Å². The standard InChI is InChI=1S/C25H23N3O3/c1-17(2)27-25(30)22-12-5-6-13-23(22)28-24(29)18-10-7-11-21(14-18)31-16-20-9-4-3-8-19(20)15-26/h3-14,17H,16H2,1-2H3,(H,27,30)(H,28,29). The molecule has 0 aliphatic carbocycles. The maximum absolute atomic E-state index is 12.8. The van der Waals surface area contributed by atoms with Crippen LogP contribution in [0.25, 0.3) is 0 Å². The SMILES string of the molecule is CC(C)NC(=O)c1ccccc1NC(=O)c1cccc(OCc2ccccc2C#N)c1. The molecule has 0 unspecified atom stereocenters. The van der Waals surface area contributed by atoms with Crippen LogP contribution in [-0.2, 0) is 6.61 Å². The van der Waals surface area contributed by atoms with Gasteiger partial charge in [-0.05, 0) is 50.2 Å². The van der Waals surface area contributed by atoms with Crippen LogP contribution in [0.2, 0.25) is 0 Å². The highest BCUT2D eigenvalue weighted by atomic mass is 16.5. The topological polar surface area (TPSA) is 91.2 Å². The third-order valence-electron chi connectivity index (χ3n) is 4.47. The molecule has 31 heavy (non-hydrogen) atoms. The van der Waals surface area contributed by atoms with Crippen LogP contribution >= 0.6 is 0 Å². The Morgan fingerprint density at radius 3 is 2.48 bits per heavy atom. The summed E-state index contributed by atoms with van der Waals surface area (Å²) in [6.07, 6.45) is 0. The molecule has 6 heteroatoms. The van der Waals surface area contributed by atoms with Crippen LogP contribution < -0.4 is 15.4 Å². The number of hydrogen-bond acceptors (Lipinski definition) is 4. The number of hydrogen-bond donors (Lipinski definition) is 2. The smallest absolute Gasteiger partial charge is 0.255 e. The molecule has 0 spiro atoms. The number of anilines is 1. The Bertz CT molecular complexity index is 1130. The molecule has 3 aromatic rings. The lowest BCUT2D eigenvalue weighted by Crippen LogP contribution is -2.31. The molecule has 0 fully saturated rings. The van der Waals surface area contributed by atoms with E-state index in [-0.39, 0.29) is 24.5 Å². The van der Waals surface area contributed by atoms with Crippen molar-refractivity contribution in [3.05, 3.63) is 95.1 Å². The number of nitriles is 1. The van der Waals surface area contributed by atoms with Gasteiger partial charge >= 0.3 is 0 Å². The van der Waals surface area contributed by atoms with Crippen LogP contribution in [-0.4, -0.2) is 17.9 Å². The zero-order chi connectivity index (χ0) is 22.2. The maximum atomic E-state index is 12.8. The summed E-state index contributed by atoms with van der Waals surface area (Å²) in [5.41, 5.74) is 2.53. The molecule has 0 radical (unpaired) electrons. The molecule has 0 atom stereocenters. The number of carbonyl (C=O) groups is 2. The second-order valence-electron chi connectivity index (χ2n) is 7.21. The molecule has 0 aliphatic heterocycles. The van der Waals surface area contributed by atoms with E-state index < -0.39 is 0 Å². The summed E-state index contributed by atoms with van der Waals surface area (Å²) in [6.45, 7) is 3.96. The first-order valence-corrected chi connectivity index (χ1v) is 9.90. The molecule has 0 aliphatic rings. The van der Waals surface area contributed by atoms with E-state index in [1.807, 2.05) is 26.0 Å². The predicted molar refractivity (Wildman–Crippen MR) is 119 cm³/mol. The molecular weight excluding hydrogens is 390 g/mol. The average molecular weight is 413 g/mol. The van der Waals surface area contributed by atoms with Crippen LogP contribution in [0.1, 0.15) is 45.7 Å². The van der Waals surface area contributed by atoms with Gasteiger partial charge in [-0.15, -0.1) is 0 Å². The third-order valence-corrected chi connectivity index (χ3v) is 4.47. The molecule has 0 saturated heterocycles. The Morgan fingerprint density at radius 1 is 0.968 bits per heavy atom. The van der Waals surface area contributed by atoms with Crippen molar-refractivity contribution in [1.29, 1.82) is 5.26 Å². The molecule has 2 amide bonds. The van der Waals surface area contributed by atoms with E-state index >= 15 is 0 Å². The highest BCUT2D eigenvalue weighted by molar-refractivity contribution is 6.09. The van der Waals surface area contributed by atoms with Crippen LogP contribution in [0.15, 0.2) is 72.8 Å². The normalized spacial score (nSPS) is 10.3. The molecule has 156 valence electrons. The number of nitrogens with zero attached hydrogens (tertiary/aromatic N) is 1. The number of nitrogens with one attached hydrogen (secondary N) is 2. The fourth-order valence-corrected chi connectivity index (χ4v) is 2.97. The quantitative estimate of drug-likeness (QED) is 0.595. The van der Waals surface area contributed by atoms with Gasteiger partial charge in [-0.25, -0.2) is 0 Å². The summed E-state index contributed by atoms with van der Waals surface area (Å²) in [5, 5.41) is 14.8. The maximum Gasteiger partial charge on any atom is 0.255 e. The van der Waals surface area contributed by atoms with Crippen LogP contribution in [0.3, 0.4) is 0 Å². The van der Waals surface area contributed by atoms with Gasteiger partial charge in [0.25, 0.3) is 11.8 Å². The Labute approximate surface area is 181 Å². The molecule has 0 aromatic heterocycles. The van der Waals surface area contributed by atoms with Crippen LogP contribution in [0.4, 0.5) is 5.69 Å². The van der Waals surface area contributed by atoms with Gasteiger partial charge in [0.05, 0.1) is 22.9 Å². The van der Waals surface area contributed by atoms with Crippen molar-refractivity contribution in [2.45, 2.75) is 26.5 Å². The lowest BCUT2D eigenvalue weighted by Gasteiger charge is -2.13. The summed E-state index contributed by atoms with van der Waals surface area (Å²) < 4.78 is 5.79. The molecule has 2 N–H and O–H groups in total. The van der Waals surface area contributed by atoms with Gasteiger partial charge in [0.2, 0.25) is 0 Å². The molecule has 0 saturated carbocycles. The minimum Gasteiger partial charge on any atom is -0.489 e. The van der Waals surface area contributed by atoms with Gasteiger partial charge in [-0.3, -0.25) is 9.59 Å². The minimum absolute atomic E-state index is 0.0174. The third kappa shape index (κ3) is 5.71. The molecule has 6 nitrogen and oxygen atoms in total. The fraction of sp³-hybridized carbons (Fsp3) is 0.160. The molecule has 0 bridgehead atoms. The van der Waals surface area contributed by atoms with Crippen molar-refractivity contribution < 1.29 is 14.3 Å². The lowest BCUT2D eigenvalue weighted by atomic mass is 10.1. The highest BCUT2D eigenvalue weighted by Gasteiger charge is 2.15. The van der Waals surface area contributed by atoms with Crippen molar-refractivity contribution in [2.75, 3.05) is 5.32 Å². The zero-order valence-electron chi connectivity index (χ0n) is 17.4. The van der Waals surface area contributed by atoms with Crippen LogP contribution in [0, 0.1) is 11.3 Å². The summed E-state index contributed by atoms with van der Waals surface area (Å²) >= 11 is 0.